The number of aromatic nitrogens is 1. The van der Waals surface area contributed by atoms with Crippen LogP contribution in [-0.4, -0.2) is 35.1 Å². The van der Waals surface area contributed by atoms with Crippen molar-refractivity contribution < 1.29 is 4.52 Å². The second-order valence-corrected chi connectivity index (χ2v) is 8.32. The quantitative estimate of drug-likeness (QED) is 0.609. The molecule has 1 aliphatic rings. The molecule has 1 aliphatic heterocycles. The molecular weight excluding hydrogens is 342 g/mol. The van der Waals surface area contributed by atoms with Gasteiger partial charge < -0.3 is 4.52 Å². The fraction of sp³-hybridized carbons (Fsp3) is 0.381. The molecule has 26 heavy (non-hydrogen) atoms. The number of likely N-dealkylation sites (tertiary alicyclic amines) is 1. The standard InChI is InChI=1S/C21H25N3OS/c1-23(14-18-13-21(22-25-18)17-7-3-2-4-8-17)15-19-9-10-20(26-19)16-24-11-5-6-12-24/h2-4,7-10,13H,5-6,11-12,14-16H2,1H3. The number of hydrogen-bond donors (Lipinski definition) is 0. The Morgan fingerprint density at radius 1 is 1.04 bits per heavy atom. The van der Waals surface area contributed by atoms with Gasteiger partial charge >= 0.3 is 0 Å². The van der Waals surface area contributed by atoms with Crippen molar-refractivity contribution >= 4 is 11.3 Å². The van der Waals surface area contributed by atoms with Crippen molar-refractivity contribution in [2.24, 2.45) is 0 Å². The Labute approximate surface area is 159 Å². The maximum absolute atomic E-state index is 5.53. The van der Waals surface area contributed by atoms with E-state index < -0.39 is 0 Å². The predicted octanol–water partition coefficient (Wildman–Crippen LogP) is 4.63. The largest absolute Gasteiger partial charge is 0.359 e. The van der Waals surface area contributed by atoms with E-state index in [1.807, 2.05) is 35.6 Å². The molecule has 0 bridgehead atoms. The first-order valence-corrected chi connectivity index (χ1v) is 10.1. The SMILES string of the molecule is CN(Cc1cc(-c2ccccc2)no1)Cc1ccc(CN2CCCC2)s1. The van der Waals surface area contributed by atoms with Gasteiger partial charge in [-0.1, -0.05) is 35.5 Å². The zero-order chi connectivity index (χ0) is 17.8. The summed E-state index contributed by atoms with van der Waals surface area (Å²) in [5, 5.41) is 4.20. The summed E-state index contributed by atoms with van der Waals surface area (Å²) in [5.74, 6) is 0.903. The van der Waals surface area contributed by atoms with Gasteiger partial charge in [0.25, 0.3) is 0 Å². The van der Waals surface area contributed by atoms with Crippen molar-refractivity contribution in [3.8, 4) is 11.3 Å². The number of benzene rings is 1. The van der Waals surface area contributed by atoms with Crippen LogP contribution in [-0.2, 0) is 19.6 Å². The van der Waals surface area contributed by atoms with Gasteiger partial charge in [0.15, 0.2) is 5.76 Å². The molecule has 0 atom stereocenters. The minimum Gasteiger partial charge on any atom is -0.359 e. The first-order valence-electron chi connectivity index (χ1n) is 9.26. The molecule has 0 N–H and O–H groups in total. The van der Waals surface area contributed by atoms with Crippen LogP contribution in [0.2, 0.25) is 0 Å². The van der Waals surface area contributed by atoms with Gasteiger partial charge in [-0.3, -0.25) is 9.80 Å². The summed E-state index contributed by atoms with van der Waals surface area (Å²) in [6, 6.07) is 16.8. The van der Waals surface area contributed by atoms with E-state index in [0.717, 1.165) is 36.7 Å². The second-order valence-electron chi connectivity index (χ2n) is 7.07. The molecule has 4 nitrogen and oxygen atoms in total. The second kappa shape index (κ2) is 8.16. The molecule has 3 aromatic rings. The van der Waals surface area contributed by atoms with E-state index in [9.17, 15) is 0 Å². The lowest BCUT2D eigenvalue weighted by atomic mass is 10.1. The van der Waals surface area contributed by atoms with E-state index in [4.69, 9.17) is 4.52 Å². The van der Waals surface area contributed by atoms with E-state index in [0.29, 0.717) is 0 Å². The molecule has 0 radical (unpaired) electrons. The van der Waals surface area contributed by atoms with Gasteiger partial charge in [-0.25, -0.2) is 0 Å². The Balaban J connectivity index is 1.32. The van der Waals surface area contributed by atoms with Crippen molar-refractivity contribution in [1.82, 2.24) is 15.0 Å². The van der Waals surface area contributed by atoms with Crippen LogP contribution >= 0.6 is 11.3 Å². The molecule has 0 unspecified atom stereocenters. The van der Waals surface area contributed by atoms with Gasteiger partial charge in [-0.05, 0) is 45.1 Å². The average Bonchev–Trinajstić information content (AvgIpc) is 3.39. The number of thiophene rings is 1. The summed E-state index contributed by atoms with van der Waals surface area (Å²) < 4.78 is 5.53. The van der Waals surface area contributed by atoms with E-state index >= 15 is 0 Å². The first kappa shape index (κ1) is 17.5. The molecular formula is C21H25N3OS. The number of rotatable bonds is 7. The zero-order valence-corrected chi connectivity index (χ0v) is 16.0. The van der Waals surface area contributed by atoms with Gasteiger partial charge in [0, 0.05) is 34.5 Å². The molecule has 1 saturated heterocycles. The third-order valence-electron chi connectivity index (χ3n) is 4.78. The van der Waals surface area contributed by atoms with Gasteiger partial charge in [0.2, 0.25) is 0 Å². The van der Waals surface area contributed by atoms with Gasteiger partial charge in [0.1, 0.15) is 5.69 Å². The van der Waals surface area contributed by atoms with Crippen LogP contribution in [0.4, 0.5) is 0 Å². The minimum absolute atomic E-state index is 0.763. The smallest absolute Gasteiger partial charge is 0.151 e. The van der Waals surface area contributed by atoms with Gasteiger partial charge in [-0.15, -0.1) is 11.3 Å². The minimum atomic E-state index is 0.763. The van der Waals surface area contributed by atoms with Crippen molar-refractivity contribution in [3.05, 3.63) is 64.0 Å². The normalized spacial score (nSPS) is 15.2. The predicted molar refractivity (Wildman–Crippen MR) is 106 cm³/mol. The number of hydrogen-bond acceptors (Lipinski definition) is 5. The molecule has 0 aliphatic carbocycles. The van der Waals surface area contributed by atoms with Crippen molar-refractivity contribution in [1.29, 1.82) is 0 Å². The molecule has 1 fully saturated rings. The monoisotopic (exact) mass is 367 g/mol. The highest BCUT2D eigenvalue weighted by Gasteiger charge is 2.14. The summed E-state index contributed by atoms with van der Waals surface area (Å²) >= 11 is 1.93. The summed E-state index contributed by atoms with van der Waals surface area (Å²) in [6.07, 6.45) is 2.70. The average molecular weight is 368 g/mol. The van der Waals surface area contributed by atoms with Crippen molar-refractivity contribution in [3.63, 3.8) is 0 Å². The molecule has 0 amide bonds. The maximum Gasteiger partial charge on any atom is 0.151 e. The Kier molecular flexibility index (Phi) is 5.48. The lowest BCUT2D eigenvalue weighted by Crippen LogP contribution is -2.17. The molecule has 3 heterocycles. The van der Waals surface area contributed by atoms with Crippen LogP contribution in [0.1, 0.15) is 28.4 Å². The first-order chi connectivity index (χ1) is 12.8. The highest BCUT2D eigenvalue weighted by atomic mass is 32.1. The van der Waals surface area contributed by atoms with Crippen LogP contribution < -0.4 is 0 Å². The summed E-state index contributed by atoms with van der Waals surface area (Å²) in [6.45, 7) is 5.31. The highest BCUT2D eigenvalue weighted by molar-refractivity contribution is 7.11. The maximum atomic E-state index is 5.53. The van der Waals surface area contributed by atoms with Crippen LogP contribution in [0, 0.1) is 0 Å². The third-order valence-corrected chi connectivity index (χ3v) is 5.83. The summed E-state index contributed by atoms with van der Waals surface area (Å²) in [5.41, 5.74) is 1.99. The fourth-order valence-corrected chi connectivity index (χ4v) is 4.61. The Morgan fingerprint density at radius 3 is 2.62 bits per heavy atom. The molecule has 1 aromatic carbocycles. The zero-order valence-electron chi connectivity index (χ0n) is 15.2. The lowest BCUT2D eigenvalue weighted by Gasteiger charge is -2.14. The Morgan fingerprint density at radius 2 is 1.81 bits per heavy atom. The summed E-state index contributed by atoms with van der Waals surface area (Å²) in [7, 11) is 2.13. The van der Waals surface area contributed by atoms with Crippen LogP contribution in [0.15, 0.2) is 53.1 Å². The van der Waals surface area contributed by atoms with E-state index in [1.165, 1.54) is 35.7 Å². The van der Waals surface area contributed by atoms with Gasteiger partial charge in [-0.2, -0.15) is 0 Å². The topological polar surface area (TPSA) is 32.5 Å². The van der Waals surface area contributed by atoms with Gasteiger partial charge in [0.05, 0.1) is 6.54 Å². The van der Waals surface area contributed by atoms with Crippen molar-refractivity contribution in [2.75, 3.05) is 20.1 Å². The van der Waals surface area contributed by atoms with E-state index in [1.54, 1.807) is 0 Å². The number of nitrogens with zero attached hydrogens (tertiary/aromatic N) is 3. The molecule has 5 heteroatoms. The molecule has 0 spiro atoms. The van der Waals surface area contributed by atoms with Crippen LogP contribution in [0.25, 0.3) is 11.3 Å². The third kappa shape index (κ3) is 4.41. The molecule has 0 saturated carbocycles. The lowest BCUT2D eigenvalue weighted by molar-refractivity contribution is 0.268. The Bertz CT molecular complexity index is 821. The van der Waals surface area contributed by atoms with Crippen LogP contribution in [0.3, 0.4) is 0 Å². The molecule has 2 aromatic heterocycles. The summed E-state index contributed by atoms with van der Waals surface area (Å²) in [4.78, 5) is 7.71. The van der Waals surface area contributed by atoms with E-state index in [-0.39, 0.29) is 0 Å². The Hall–Kier alpha value is -1.95. The van der Waals surface area contributed by atoms with E-state index in [2.05, 4.69) is 46.3 Å². The van der Waals surface area contributed by atoms with Crippen LogP contribution in [0.5, 0.6) is 0 Å². The molecule has 4 rings (SSSR count). The van der Waals surface area contributed by atoms with Crippen molar-refractivity contribution in [2.45, 2.75) is 32.5 Å². The molecule has 136 valence electrons. The fourth-order valence-electron chi connectivity index (χ4n) is 3.47. The highest BCUT2D eigenvalue weighted by Crippen LogP contribution is 2.23.